The van der Waals surface area contributed by atoms with Crippen LogP contribution in [-0.2, 0) is 12.8 Å². The zero-order chi connectivity index (χ0) is 17.1. The fourth-order valence-electron chi connectivity index (χ4n) is 4.05. The summed E-state index contributed by atoms with van der Waals surface area (Å²) in [5.74, 6) is -0.0864. The van der Waals surface area contributed by atoms with Gasteiger partial charge in [0.25, 0.3) is 11.8 Å². The molecule has 0 saturated heterocycles. The number of imide groups is 1. The Kier molecular flexibility index (Phi) is 2.80. The van der Waals surface area contributed by atoms with Gasteiger partial charge in [-0.05, 0) is 53.6 Å². The molecule has 1 aliphatic heterocycles. The average Bonchev–Trinajstić information content (AvgIpc) is 3.07. The normalized spacial score (nSPS) is 15.2. The van der Waals surface area contributed by atoms with Crippen molar-refractivity contribution in [3.63, 3.8) is 0 Å². The van der Waals surface area contributed by atoms with Crippen LogP contribution in [0.25, 0.3) is 10.8 Å². The Morgan fingerprint density at radius 1 is 0.800 bits per heavy atom. The monoisotopic (exact) mass is 329 g/mol. The Morgan fingerprint density at radius 3 is 2.00 bits per heavy atom. The highest BCUT2D eigenvalue weighted by molar-refractivity contribution is 6.36. The number of amides is 2. The summed E-state index contributed by atoms with van der Waals surface area (Å²) in [4.78, 5) is 27.6. The molecule has 0 N–H and O–H groups in total. The van der Waals surface area contributed by atoms with E-state index in [0.717, 1.165) is 23.6 Å². The van der Waals surface area contributed by atoms with Crippen LogP contribution in [0.3, 0.4) is 0 Å². The molecular formula is C21H15NO3. The van der Waals surface area contributed by atoms with Crippen molar-refractivity contribution in [1.29, 1.82) is 0 Å². The molecule has 0 bridgehead atoms. The van der Waals surface area contributed by atoms with Crippen LogP contribution >= 0.6 is 0 Å². The number of rotatable bonds is 2. The van der Waals surface area contributed by atoms with E-state index in [4.69, 9.17) is 4.74 Å². The van der Waals surface area contributed by atoms with E-state index in [-0.39, 0.29) is 11.8 Å². The van der Waals surface area contributed by atoms with Gasteiger partial charge in [-0.25, -0.2) is 4.90 Å². The highest BCUT2D eigenvalue weighted by atomic mass is 16.5. The van der Waals surface area contributed by atoms with E-state index >= 15 is 0 Å². The summed E-state index contributed by atoms with van der Waals surface area (Å²) >= 11 is 0. The van der Waals surface area contributed by atoms with Gasteiger partial charge in [-0.2, -0.15) is 0 Å². The van der Waals surface area contributed by atoms with Gasteiger partial charge >= 0.3 is 0 Å². The first-order chi connectivity index (χ1) is 12.2. The number of aryl methyl sites for hydroxylation is 2. The van der Waals surface area contributed by atoms with E-state index in [1.807, 2.05) is 30.3 Å². The third kappa shape index (κ3) is 1.76. The fraction of sp³-hybridized carbons (Fsp3) is 0.143. The van der Waals surface area contributed by atoms with E-state index in [1.54, 1.807) is 18.2 Å². The molecule has 122 valence electrons. The van der Waals surface area contributed by atoms with E-state index in [9.17, 15) is 9.59 Å². The number of carbonyl (C=O) groups is 2. The topological polar surface area (TPSA) is 46.6 Å². The van der Waals surface area contributed by atoms with Crippen molar-refractivity contribution in [3.05, 3.63) is 70.8 Å². The zero-order valence-corrected chi connectivity index (χ0v) is 13.7. The highest BCUT2D eigenvalue weighted by Crippen LogP contribution is 2.40. The number of hydrogen-bond donors (Lipinski definition) is 0. The minimum atomic E-state index is -0.294. The molecule has 4 nitrogen and oxygen atoms in total. The van der Waals surface area contributed by atoms with Gasteiger partial charge < -0.3 is 4.74 Å². The van der Waals surface area contributed by atoms with Crippen molar-refractivity contribution < 1.29 is 14.3 Å². The Bertz CT molecular complexity index is 1030. The van der Waals surface area contributed by atoms with Crippen LogP contribution in [0, 0.1) is 0 Å². The molecule has 0 atom stereocenters. The van der Waals surface area contributed by atoms with Gasteiger partial charge in [-0.3, -0.25) is 9.59 Å². The van der Waals surface area contributed by atoms with Crippen LogP contribution < -0.4 is 9.64 Å². The van der Waals surface area contributed by atoms with E-state index in [2.05, 4.69) is 0 Å². The number of carbonyl (C=O) groups excluding carboxylic acids is 2. The molecule has 3 aromatic rings. The number of nitrogens with zero attached hydrogens (tertiary/aromatic N) is 1. The molecule has 1 aliphatic carbocycles. The Hall–Kier alpha value is -3.14. The van der Waals surface area contributed by atoms with Gasteiger partial charge in [0.05, 0.1) is 12.8 Å². The highest BCUT2D eigenvalue weighted by Gasteiger charge is 2.36. The second-order valence-electron chi connectivity index (χ2n) is 6.41. The summed E-state index contributed by atoms with van der Waals surface area (Å²) < 4.78 is 5.36. The van der Waals surface area contributed by atoms with Gasteiger partial charge in [0.1, 0.15) is 5.75 Å². The maximum absolute atomic E-state index is 13.2. The zero-order valence-electron chi connectivity index (χ0n) is 13.7. The Balaban J connectivity index is 1.80. The molecular weight excluding hydrogens is 314 g/mol. The summed E-state index contributed by atoms with van der Waals surface area (Å²) in [6, 6.07) is 14.8. The molecule has 5 rings (SSSR count). The predicted octanol–water partition coefficient (Wildman–Crippen LogP) is 3.75. The third-order valence-corrected chi connectivity index (χ3v) is 5.19. The summed E-state index contributed by atoms with van der Waals surface area (Å²) in [5.41, 5.74) is 4.09. The van der Waals surface area contributed by atoms with E-state index < -0.39 is 0 Å². The molecule has 0 unspecified atom stereocenters. The Labute approximate surface area is 144 Å². The van der Waals surface area contributed by atoms with Crippen molar-refractivity contribution in [2.24, 2.45) is 0 Å². The van der Waals surface area contributed by atoms with Crippen molar-refractivity contribution in [3.8, 4) is 5.75 Å². The summed E-state index contributed by atoms with van der Waals surface area (Å²) in [6.07, 6.45) is 1.93. The van der Waals surface area contributed by atoms with Crippen LogP contribution in [0.1, 0.15) is 31.8 Å². The predicted molar refractivity (Wildman–Crippen MR) is 95.5 cm³/mol. The number of benzene rings is 3. The van der Waals surface area contributed by atoms with Crippen molar-refractivity contribution >= 4 is 28.3 Å². The standard InChI is InChI=1S/C21H15NO3/c1-25-17-5-3-2-4-16(17)22-20(23)14-10-8-12-6-7-13-9-11-15(21(22)24)19(14)18(12)13/h2-5,8-11H,6-7H2,1H3. The van der Waals surface area contributed by atoms with Crippen LogP contribution in [0.4, 0.5) is 5.69 Å². The molecule has 0 aromatic heterocycles. The molecule has 0 saturated carbocycles. The van der Waals surface area contributed by atoms with Crippen molar-refractivity contribution in [1.82, 2.24) is 0 Å². The van der Waals surface area contributed by atoms with E-state index in [1.165, 1.54) is 23.1 Å². The fourth-order valence-corrected chi connectivity index (χ4v) is 4.05. The average molecular weight is 329 g/mol. The molecule has 25 heavy (non-hydrogen) atoms. The van der Waals surface area contributed by atoms with Gasteiger partial charge in [0.2, 0.25) is 0 Å². The van der Waals surface area contributed by atoms with Crippen LogP contribution in [0.2, 0.25) is 0 Å². The second kappa shape index (κ2) is 4.93. The number of para-hydroxylation sites is 2. The summed E-state index contributed by atoms with van der Waals surface area (Å²) in [6.45, 7) is 0. The first-order valence-electron chi connectivity index (χ1n) is 8.30. The maximum Gasteiger partial charge on any atom is 0.266 e. The van der Waals surface area contributed by atoms with E-state index in [0.29, 0.717) is 22.6 Å². The van der Waals surface area contributed by atoms with Gasteiger partial charge in [-0.1, -0.05) is 24.3 Å². The first-order valence-corrected chi connectivity index (χ1v) is 8.30. The molecule has 0 spiro atoms. The SMILES string of the molecule is COc1ccccc1N1C(=O)c2ccc3c4c(ccc(c24)C1=O)CC3. The van der Waals surface area contributed by atoms with Gasteiger partial charge in [0, 0.05) is 16.5 Å². The minimum absolute atomic E-state index is 0.294. The number of hydrogen-bond acceptors (Lipinski definition) is 3. The molecule has 2 aliphatic rings. The number of ether oxygens (including phenoxy) is 1. The molecule has 1 heterocycles. The molecule has 0 fully saturated rings. The minimum Gasteiger partial charge on any atom is -0.495 e. The molecule has 0 radical (unpaired) electrons. The van der Waals surface area contributed by atoms with Crippen molar-refractivity contribution in [2.75, 3.05) is 12.0 Å². The quantitative estimate of drug-likeness (QED) is 0.673. The number of methoxy groups -OCH3 is 1. The van der Waals surface area contributed by atoms with Gasteiger partial charge in [0.15, 0.2) is 0 Å². The second-order valence-corrected chi connectivity index (χ2v) is 6.41. The largest absolute Gasteiger partial charge is 0.495 e. The molecule has 4 heteroatoms. The molecule has 3 aromatic carbocycles. The van der Waals surface area contributed by atoms with Gasteiger partial charge in [-0.15, -0.1) is 0 Å². The Morgan fingerprint density at radius 2 is 1.40 bits per heavy atom. The first kappa shape index (κ1) is 14.2. The van der Waals surface area contributed by atoms with Crippen molar-refractivity contribution in [2.45, 2.75) is 12.8 Å². The molecule has 2 amide bonds. The van der Waals surface area contributed by atoms with Crippen LogP contribution in [-0.4, -0.2) is 18.9 Å². The van der Waals surface area contributed by atoms with Crippen LogP contribution in [0.5, 0.6) is 5.75 Å². The summed E-state index contributed by atoms with van der Waals surface area (Å²) in [5, 5.41) is 1.91. The smallest absolute Gasteiger partial charge is 0.266 e. The lowest BCUT2D eigenvalue weighted by molar-refractivity contribution is 0.0892. The maximum atomic E-state index is 13.2. The summed E-state index contributed by atoms with van der Waals surface area (Å²) in [7, 11) is 1.54. The third-order valence-electron chi connectivity index (χ3n) is 5.19. The van der Waals surface area contributed by atoms with Crippen LogP contribution in [0.15, 0.2) is 48.5 Å². The number of anilines is 1. The lowest BCUT2D eigenvalue weighted by atomic mass is 9.91. The lowest BCUT2D eigenvalue weighted by Gasteiger charge is -2.28. The lowest BCUT2D eigenvalue weighted by Crippen LogP contribution is -2.40.